The maximum Gasteiger partial charge on any atom is 0.435 e. The zero-order valence-electron chi connectivity index (χ0n) is 14.3. The van der Waals surface area contributed by atoms with Gasteiger partial charge in [0.25, 0.3) is 5.91 Å². The molecule has 0 atom stereocenters. The van der Waals surface area contributed by atoms with E-state index in [0.717, 1.165) is 25.3 Å². The monoisotopic (exact) mass is 419 g/mol. The van der Waals surface area contributed by atoms with E-state index in [0.29, 0.717) is 11.3 Å². The van der Waals surface area contributed by atoms with Crippen LogP contribution in [0.5, 0.6) is 5.75 Å². The van der Waals surface area contributed by atoms with Crippen LogP contribution in [0.4, 0.5) is 24.0 Å². The van der Waals surface area contributed by atoms with E-state index < -0.39 is 44.4 Å². The number of carbonyl (C=O) groups is 2. The lowest BCUT2D eigenvalue weighted by atomic mass is 10.2. The highest BCUT2D eigenvalue weighted by atomic mass is 32.1. The lowest BCUT2D eigenvalue weighted by molar-refractivity contribution is -0.385. The molecule has 0 spiro atoms. The van der Waals surface area contributed by atoms with Crippen LogP contribution in [0.15, 0.2) is 18.2 Å². The number of thiazole rings is 1. The summed E-state index contributed by atoms with van der Waals surface area (Å²) < 4.78 is 48.7. The number of alkyl halides is 3. The molecule has 1 N–H and O–H groups in total. The highest BCUT2D eigenvalue weighted by Gasteiger charge is 2.40. The highest BCUT2D eigenvalue weighted by Crippen LogP contribution is 2.37. The first-order valence-electron chi connectivity index (χ1n) is 7.47. The van der Waals surface area contributed by atoms with Gasteiger partial charge in [-0.05, 0) is 13.0 Å². The minimum atomic E-state index is -4.93. The molecule has 0 aliphatic rings. The Morgan fingerprint density at radius 1 is 1.36 bits per heavy atom. The average molecular weight is 419 g/mol. The number of carbonyl (C=O) groups excluding carboxylic acids is 2. The third-order valence-electron chi connectivity index (χ3n) is 3.22. The second-order valence-electron chi connectivity index (χ2n) is 5.01. The van der Waals surface area contributed by atoms with E-state index in [1.54, 1.807) is 0 Å². The summed E-state index contributed by atoms with van der Waals surface area (Å²) in [6.07, 6.45) is -4.93. The van der Waals surface area contributed by atoms with Crippen molar-refractivity contribution in [2.45, 2.75) is 13.1 Å². The summed E-state index contributed by atoms with van der Waals surface area (Å²) in [5.74, 6) is -2.32. The van der Waals surface area contributed by atoms with E-state index >= 15 is 0 Å². The number of amides is 1. The lowest BCUT2D eigenvalue weighted by Crippen LogP contribution is -2.14. The Labute approximate surface area is 159 Å². The Kier molecular flexibility index (Phi) is 6.18. The maximum atomic E-state index is 13.1. The zero-order valence-corrected chi connectivity index (χ0v) is 15.1. The Morgan fingerprint density at radius 2 is 2.04 bits per heavy atom. The van der Waals surface area contributed by atoms with Crippen molar-refractivity contribution < 1.29 is 37.2 Å². The summed E-state index contributed by atoms with van der Waals surface area (Å²) in [5, 5.41) is 12.5. The van der Waals surface area contributed by atoms with Crippen LogP contribution in [0.25, 0.3) is 0 Å². The molecule has 0 saturated heterocycles. The first kappa shape index (κ1) is 21.1. The Bertz CT molecular complexity index is 928. The third-order valence-corrected chi connectivity index (χ3v) is 4.17. The largest absolute Gasteiger partial charge is 0.490 e. The molecule has 2 rings (SSSR count). The van der Waals surface area contributed by atoms with E-state index in [9.17, 15) is 32.9 Å². The van der Waals surface area contributed by atoms with Crippen molar-refractivity contribution in [3.63, 3.8) is 0 Å². The van der Waals surface area contributed by atoms with Crippen molar-refractivity contribution in [2.24, 2.45) is 0 Å². The fraction of sp³-hybridized carbons (Fsp3) is 0.267. The van der Waals surface area contributed by atoms with Gasteiger partial charge in [-0.2, -0.15) is 13.2 Å². The molecule has 0 aliphatic carbocycles. The van der Waals surface area contributed by atoms with Crippen LogP contribution in [-0.2, 0) is 10.9 Å². The van der Waals surface area contributed by atoms with E-state index in [1.807, 2.05) is 0 Å². The summed E-state index contributed by atoms with van der Waals surface area (Å²) in [4.78, 5) is 36.6. The molecule has 0 radical (unpaired) electrons. The number of methoxy groups -OCH3 is 1. The van der Waals surface area contributed by atoms with Crippen LogP contribution in [0.1, 0.15) is 32.6 Å². The predicted molar refractivity (Wildman–Crippen MR) is 90.7 cm³/mol. The molecule has 0 aliphatic heterocycles. The molecule has 0 saturated carbocycles. The number of aromatic nitrogens is 1. The highest BCUT2D eigenvalue weighted by molar-refractivity contribution is 7.17. The van der Waals surface area contributed by atoms with Crippen molar-refractivity contribution >= 4 is 34.0 Å². The summed E-state index contributed by atoms with van der Waals surface area (Å²) in [5.41, 5.74) is -1.99. The van der Waals surface area contributed by atoms with Gasteiger partial charge in [0, 0.05) is 17.7 Å². The number of nitrogens with zero attached hydrogens (tertiary/aromatic N) is 2. The molecule has 1 heterocycles. The lowest BCUT2D eigenvalue weighted by Gasteiger charge is -2.05. The second-order valence-corrected chi connectivity index (χ2v) is 6.01. The van der Waals surface area contributed by atoms with Gasteiger partial charge < -0.3 is 9.47 Å². The molecule has 13 heteroatoms. The Hall–Kier alpha value is -3.22. The molecule has 150 valence electrons. The number of hydrogen-bond acceptors (Lipinski definition) is 8. The van der Waals surface area contributed by atoms with Crippen LogP contribution in [0.3, 0.4) is 0 Å². The fourth-order valence-electron chi connectivity index (χ4n) is 2.04. The summed E-state index contributed by atoms with van der Waals surface area (Å²) in [6.45, 7) is 1.29. The van der Waals surface area contributed by atoms with Crippen LogP contribution in [-0.4, -0.2) is 35.5 Å². The van der Waals surface area contributed by atoms with Gasteiger partial charge >= 0.3 is 17.8 Å². The standard InChI is InChI=1S/C15H12F3N3O6S/c1-3-27-13(23)10-11(15(16,17)18)19-14(28-10)20-12(22)7-4-5-8(21(24)25)9(6-7)26-2/h4-6H,3H2,1-2H3,(H,19,20,22). The molecule has 0 unspecified atom stereocenters. The van der Waals surface area contributed by atoms with E-state index in [2.05, 4.69) is 15.0 Å². The van der Waals surface area contributed by atoms with Crippen molar-refractivity contribution in [2.75, 3.05) is 19.0 Å². The number of benzene rings is 1. The van der Waals surface area contributed by atoms with E-state index in [-0.39, 0.29) is 17.9 Å². The molecule has 9 nitrogen and oxygen atoms in total. The van der Waals surface area contributed by atoms with Gasteiger partial charge in [0.1, 0.15) is 4.88 Å². The molecular weight excluding hydrogens is 407 g/mol. The van der Waals surface area contributed by atoms with E-state index in [4.69, 9.17) is 4.74 Å². The van der Waals surface area contributed by atoms with Crippen molar-refractivity contribution in [1.82, 2.24) is 4.98 Å². The van der Waals surface area contributed by atoms with Gasteiger partial charge in [0.2, 0.25) is 0 Å². The molecule has 1 aromatic heterocycles. The summed E-state index contributed by atoms with van der Waals surface area (Å²) in [7, 11) is 1.16. The van der Waals surface area contributed by atoms with Crippen LogP contribution in [0, 0.1) is 10.1 Å². The first-order chi connectivity index (χ1) is 13.1. The van der Waals surface area contributed by atoms with Crippen LogP contribution < -0.4 is 10.1 Å². The topological polar surface area (TPSA) is 121 Å². The normalized spacial score (nSPS) is 11.0. The zero-order chi connectivity index (χ0) is 21.1. The summed E-state index contributed by atoms with van der Waals surface area (Å²) >= 11 is 0.298. The number of rotatable bonds is 6. The Balaban J connectivity index is 2.34. The van der Waals surface area contributed by atoms with Gasteiger partial charge in [0.15, 0.2) is 16.6 Å². The molecule has 1 aromatic carbocycles. The molecule has 2 aromatic rings. The van der Waals surface area contributed by atoms with Gasteiger partial charge in [-0.1, -0.05) is 11.3 Å². The number of nitro groups is 1. The molecule has 28 heavy (non-hydrogen) atoms. The third kappa shape index (κ3) is 4.54. The Morgan fingerprint density at radius 3 is 2.57 bits per heavy atom. The quantitative estimate of drug-likeness (QED) is 0.432. The number of nitro benzene ring substituents is 1. The average Bonchev–Trinajstić information content (AvgIpc) is 3.05. The SMILES string of the molecule is CCOC(=O)c1sc(NC(=O)c2ccc([N+](=O)[O-])c(OC)c2)nc1C(F)(F)F. The number of anilines is 1. The van der Waals surface area contributed by atoms with Crippen LogP contribution in [0.2, 0.25) is 0 Å². The number of halogens is 3. The number of esters is 1. The number of nitrogens with one attached hydrogen (secondary N) is 1. The molecule has 0 fully saturated rings. The van der Waals surface area contributed by atoms with E-state index in [1.165, 1.54) is 6.92 Å². The molecular formula is C15H12F3N3O6S. The minimum Gasteiger partial charge on any atom is -0.490 e. The van der Waals surface area contributed by atoms with Crippen molar-refractivity contribution in [3.8, 4) is 5.75 Å². The minimum absolute atomic E-state index is 0.121. The van der Waals surface area contributed by atoms with Crippen LogP contribution >= 0.6 is 11.3 Å². The van der Waals surface area contributed by atoms with Crippen molar-refractivity contribution in [3.05, 3.63) is 44.4 Å². The number of ether oxygens (including phenoxy) is 2. The smallest absolute Gasteiger partial charge is 0.435 e. The second kappa shape index (κ2) is 8.21. The fourth-order valence-corrected chi connectivity index (χ4v) is 2.91. The first-order valence-corrected chi connectivity index (χ1v) is 8.29. The summed E-state index contributed by atoms with van der Waals surface area (Å²) in [6, 6.07) is 3.17. The molecule has 0 bridgehead atoms. The van der Waals surface area contributed by atoms with Crippen molar-refractivity contribution in [1.29, 1.82) is 0 Å². The number of hydrogen-bond donors (Lipinski definition) is 1. The predicted octanol–water partition coefficient (Wildman–Crippen LogP) is 3.51. The maximum absolute atomic E-state index is 13.1. The molecule has 1 amide bonds. The van der Waals surface area contributed by atoms with Gasteiger partial charge in [0.05, 0.1) is 18.6 Å². The van der Waals surface area contributed by atoms with Gasteiger partial charge in [-0.15, -0.1) is 0 Å². The van der Waals surface area contributed by atoms with Gasteiger partial charge in [-0.3, -0.25) is 20.2 Å². The van der Waals surface area contributed by atoms with Gasteiger partial charge in [-0.25, -0.2) is 9.78 Å².